The summed E-state index contributed by atoms with van der Waals surface area (Å²) < 4.78 is 19.3. The number of alkyl halides is 1. The van der Waals surface area contributed by atoms with E-state index in [1.165, 1.54) is 0 Å². The monoisotopic (exact) mass is 210 g/mol. The number of ether oxygens (including phenoxy) is 1. The van der Waals surface area contributed by atoms with Crippen LogP contribution >= 0.6 is 0 Å². The molecule has 1 atom stereocenters. The first-order valence-corrected chi connectivity index (χ1v) is 5.23. The van der Waals surface area contributed by atoms with Crippen LogP contribution in [0.1, 0.15) is 18.4 Å². The van der Waals surface area contributed by atoms with Gasteiger partial charge in [-0.05, 0) is 24.5 Å². The Morgan fingerprint density at radius 1 is 1.40 bits per heavy atom. The lowest BCUT2D eigenvalue weighted by Gasteiger charge is -2.29. The number of halogens is 1. The second-order valence-corrected chi connectivity index (χ2v) is 4.11. The highest BCUT2D eigenvalue weighted by Crippen LogP contribution is 2.30. The van der Waals surface area contributed by atoms with Gasteiger partial charge in [-0.2, -0.15) is 0 Å². The summed E-state index contributed by atoms with van der Waals surface area (Å²) in [5.41, 5.74) is -0.651. The molecule has 1 fully saturated rings. The van der Waals surface area contributed by atoms with Crippen molar-refractivity contribution in [2.75, 3.05) is 13.2 Å². The topological polar surface area (TPSA) is 29.5 Å². The SMILES string of the molecule is Oc1ccccc1CC1(F)CCCOC1. The van der Waals surface area contributed by atoms with Crippen LogP contribution in [0.15, 0.2) is 24.3 Å². The summed E-state index contributed by atoms with van der Waals surface area (Å²) >= 11 is 0. The largest absolute Gasteiger partial charge is 0.508 e. The highest BCUT2D eigenvalue weighted by Gasteiger charge is 2.33. The van der Waals surface area contributed by atoms with E-state index in [1.807, 2.05) is 6.07 Å². The van der Waals surface area contributed by atoms with E-state index in [4.69, 9.17) is 4.74 Å². The van der Waals surface area contributed by atoms with Crippen molar-refractivity contribution in [3.05, 3.63) is 29.8 Å². The zero-order valence-corrected chi connectivity index (χ0v) is 8.58. The number of hydrogen-bond donors (Lipinski definition) is 1. The molecule has 1 heterocycles. The lowest BCUT2D eigenvalue weighted by molar-refractivity contribution is -0.0310. The van der Waals surface area contributed by atoms with Gasteiger partial charge in [-0.1, -0.05) is 18.2 Å². The van der Waals surface area contributed by atoms with Gasteiger partial charge in [0, 0.05) is 13.0 Å². The molecule has 0 spiro atoms. The minimum Gasteiger partial charge on any atom is -0.508 e. The number of phenolic OH excluding ortho intramolecular Hbond substituents is 1. The maximum absolute atomic E-state index is 14.2. The molecule has 0 aliphatic carbocycles. The van der Waals surface area contributed by atoms with Crippen LogP contribution < -0.4 is 0 Å². The number of benzene rings is 1. The van der Waals surface area contributed by atoms with Gasteiger partial charge in [-0.25, -0.2) is 4.39 Å². The van der Waals surface area contributed by atoms with E-state index in [1.54, 1.807) is 18.2 Å². The van der Waals surface area contributed by atoms with Crippen molar-refractivity contribution in [2.24, 2.45) is 0 Å². The average molecular weight is 210 g/mol. The molecule has 1 aliphatic heterocycles. The second-order valence-electron chi connectivity index (χ2n) is 4.11. The summed E-state index contributed by atoms with van der Waals surface area (Å²) in [7, 11) is 0. The van der Waals surface area contributed by atoms with E-state index in [2.05, 4.69) is 0 Å². The highest BCUT2D eigenvalue weighted by atomic mass is 19.1. The first-order valence-electron chi connectivity index (χ1n) is 5.23. The third-order valence-electron chi connectivity index (χ3n) is 2.77. The fourth-order valence-corrected chi connectivity index (χ4v) is 1.96. The van der Waals surface area contributed by atoms with Gasteiger partial charge in [-0.3, -0.25) is 0 Å². The molecule has 0 saturated carbocycles. The zero-order chi connectivity index (χ0) is 10.7. The maximum Gasteiger partial charge on any atom is 0.138 e. The van der Waals surface area contributed by atoms with Gasteiger partial charge in [0.1, 0.15) is 11.4 Å². The maximum atomic E-state index is 14.2. The summed E-state index contributed by atoms with van der Waals surface area (Å²) in [5.74, 6) is 0.167. The van der Waals surface area contributed by atoms with Crippen molar-refractivity contribution in [3.8, 4) is 5.75 Å². The van der Waals surface area contributed by atoms with Gasteiger partial charge in [0.15, 0.2) is 0 Å². The van der Waals surface area contributed by atoms with Gasteiger partial charge in [0.05, 0.1) is 6.61 Å². The van der Waals surface area contributed by atoms with Crippen LogP contribution in [0.5, 0.6) is 5.75 Å². The van der Waals surface area contributed by atoms with Crippen LogP contribution in [0.3, 0.4) is 0 Å². The van der Waals surface area contributed by atoms with E-state index in [0.717, 1.165) is 6.42 Å². The van der Waals surface area contributed by atoms with Crippen LogP contribution in [-0.4, -0.2) is 24.0 Å². The Labute approximate surface area is 88.7 Å². The van der Waals surface area contributed by atoms with Crippen LogP contribution in [0.4, 0.5) is 4.39 Å². The summed E-state index contributed by atoms with van der Waals surface area (Å²) in [6, 6.07) is 6.89. The summed E-state index contributed by atoms with van der Waals surface area (Å²) in [4.78, 5) is 0. The molecule has 15 heavy (non-hydrogen) atoms. The van der Waals surface area contributed by atoms with Crippen LogP contribution in [-0.2, 0) is 11.2 Å². The molecule has 0 aromatic heterocycles. The third kappa shape index (κ3) is 2.48. The predicted octanol–water partition coefficient (Wildman–Crippen LogP) is 2.45. The normalized spacial score (nSPS) is 26.5. The molecule has 1 aromatic rings. The number of para-hydroxylation sites is 1. The van der Waals surface area contributed by atoms with E-state index in [-0.39, 0.29) is 18.8 Å². The van der Waals surface area contributed by atoms with Crippen LogP contribution in [0.2, 0.25) is 0 Å². The molecule has 1 aromatic carbocycles. The van der Waals surface area contributed by atoms with E-state index >= 15 is 0 Å². The Morgan fingerprint density at radius 3 is 2.87 bits per heavy atom. The van der Waals surface area contributed by atoms with Crippen molar-refractivity contribution in [1.29, 1.82) is 0 Å². The Bertz CT molecular complexity index is 332. The molecule has 0 bridgehead atoms. The minimum atomic E-state index is -1.31. The Kier molecular flexibility index (Phi) is 2.91. The van der Waals surface area contributed by atoms with Gasteiger partial charge >= 0.3 is 0 Å². The molecule has 1 aliphatic rings. The van der Waals surface area contributed by atoms with Gasteiger partial charge in [-0.15, -0.1) is 0 Å². The predicted molar refractivity (Wildman–Crippen MR) is 55.7 cm³/mol. The summed E-state index contributed by atoms with van der Waals surface area (Å²) in [6.07, 6.45) is 1.51. The number of phenols is 1. The number of rotatable bonds is 2. The molecular formula is C12H15FO2. The number of hydrogen-bond acceptors (Lipinski definition) is 2. The van der Waals surface area contributed by atoms with Crippen LogP contribution in [0, 0.1) is 0 Å². The van der Waals surface area contributed by atoms with Gasteiger partial charge in [0.2, 0.25) is 0 Å². The Hall–Kier alpha value is -1.09. The molecule has 0 radical (unpaired) electrons. The van der Waals surface area contributed by atoms with Crippen molar-refractivity contribution in [2.45, 2.75) is 24.9 Å². The molecule has 3 heteroatoms. The quantitative estimate of drug-likeness (QED) is 0.812. The first-order chi connectivity index (χ1) is 7.20. The molecule has 2 nitrogen and oxygen atoms in total. The van der Waals surface area contributed by atoms with E-state index in [9.17, 15) is 9.50 Å². The second kappa shape index (κ2) is 4.19. The molecule has 2 rings (SSSR count). The average Bonchev–Trinajstić information content (AvgIpc) is 2.22. The first kappa shape index (κ1) is 10.4. The van der Waals surface area contributed by atoms with Crippen molar-refractivity contribution < 1.29 is 14.2 Å². The molecule has 0 amide bonds. The lowest BCUT2D eigenvalue weighted by atomic mass is 9.91. The Morgan fingerprint density at radius 2 is 2.20 bits per heavy atom. The fraction of sp³-hybridized carbons (Fsp3) is 0.500. The zero-order valence-electron chi connectivity index (χ0n) is 8.58. The standard InChI is InChI=1S/C12H15FO2/c13-12(6-3-7-15-9-12)8-10-4-1-2-5-11(10)14/h1-2,4-5,14H,3,6-9H2. The molecular weight excluding hydrogens is 195 g/mol. The third-order valence-corrected chi connectivity index (χ3v) is 2.77. The summed E-state index contributed by atoms with van der Waals surface area (Å²) in [5, 5.41) is 9.55. The van der Waals surface area contributed by atoms with Crippen molar-refractivity contribution in [3.63, 3.8) is 0 Å². The molecule has 82 valence electrons. The molecule has 1 N–H and O–H groups in total. The number of aromatic hydroxyl groups is 1. The van der Waals surface area contributed by atoms with E-state index < -0.39 is 5.67 Å². The molecule has 1 saturated heterocycles. The minimum absolute atomic E-state index is 0.140. The highest BCUT2D eigenvalue weighted by molar-refractivity contribution is 5.33. The van der Waals surface area contributed by atoms with Crippen LogP contribution in [0.25, 0.3) is 0 Å². The fourth-order valence-electron chi connectivity index (χ4n) is 1.96. The lowest BCUT2D eigenvalue weighted by Crippen LogP contribution is -2.36. The van der Waals surface area contributed by atoms with Gasteiger partial charge in [0.25, 0.3) is 0 Å². The molecule has 1 unspecified atom stereocenters. The smallest absolute Gasteiger partial charge is 0.138 e. The van der Waals surface area contributed by atoms with Crippen molar-refractivity contribution >= 4 is 0 Å². The van der Waals surface area contributed by atoms with Gasteiger partial charge < -0.3 is 9.84 Å². The van der Waals surface area contributed by atoms with Crippen molar-refractivity contribution in [1.82, 2.24) is 0 Å². The van der Waals surface area contributed by atoms with E-state index in [0.29, 0.717) is 18.6 Å². The summed E-state index contributed by atoms with van der Waals surface area (Å²) in [6.45, 7) is 0.785. The Balaban J connectivity index is 2.10.